The summed E-state index contributed by atoms with van der Waals surface area (Å²) >= 11 is 0. The van der Waals surface area contributed by atoms with Crippen LogP contribution in [0.5, 0.6) is 6.01 Å². The van der Waals surface area contributed by atoms with Crippen molar-refractivity contribution in [2.45, 2.75) is 27.3 Å². The zero-order valence-electron chi connectivity index (χ0n) is 10.5. The molecule has 1 aromatic rings. The van der Waals surface area contributed by atoms with Gasteiger partial charge in [0.25, 0.3) is 0 Å². The van der Waals surface area contributed by atoms with E-state index in [1.165, 1.54) is 0 Å². The van der Waals surface area contributed by atoms with E-state index >= 15 is 0 Å². The smallest absolute Gasteiger partial charge is 0.316 e. The molecule has 0 aliphatic heterocycles. The average Bonchev–Trinajstić information content (AvgIpc) is 2.29. The first-order valence-electron chi connectivity index (χ1n) is 5.69. The molecule has 4 heteroatoms. The molecule has 0 bridgehead atoms. The highest BCUT2D eigenvalue weighted by atomic mass is 16.5. The summed E-state index contributed by atoms with van der Waals surface area (Å²) < 4.78 is 4.90. The van der Waals surface area contributed by atoms with Gasteiger partial charge in [-0.05, 0) is 18.4 Å². The molecular formula is C12H21N3O. The average molecular weight is 223 g/mol. The van der Waals surface area contributed by atoms with E-state index in [0.717, 1.165) is 18.7 Å². The van der Waals surface area contributed by atoms with E-state index in [4.69, 9.17) is 4.74 Å². The first-order chi connectivity index (χ1) is 7.63. The number of nitrogens with zero attached hydrogens (tertiary/aromatic N) is 2. The third kappa shape index (κ3) is 4.14. The molecule has 4 nitrogen and oxygen atoms in total. The van der Waals surface area contributed by atoms with Crippen LogP contribution in [-0.2, 0) is 6.54 Å². The van der Waals surface area contributed by atoms with Gasteiger partial charge in [-0.2, -0.15) is 0 Å². The van der Waals surface area contributed by atoms with E-state index in [1.54, 1.807) is 19.5 Å². The quantitative estimate of drug-likeness (QED) is 0.799. The molecule has 1 unspecified atom stereocenters. The Morgan fingerprint density at radius 2 is 1.88 bits per heavy atom. The Balaban J connectivity index is 2.31. The van der Waals surface area contributed by atoms with Crippen molar-refractivity contribution >= 4 is 0 Å². The van der Waals surface area contributed by atoms with Gasteiger partial charge in [0.2, 0.25) is 0 Å². The molecule has 1 atom stereocenters. The third-order valence-electron chi connectivity index (χ3n) is 2.80. The van der Waals surface area contributed by atoms with E-state index in [-0.39, 0.29) is 0 Å². The van der Waals surface area contributed by atoms with E-state index in [9.17, 15) is 0 Å². The first kappa shape index (κ1) is 12.9. The summed E-state index contributed by atoms with van der Waals surface area (Å²) in [6, 6.07) is 0.416. The van der Waals surface area contributed by atoms with Gasteiger partial charge in [0, 0.05) is 24.5 Å². The summed E-state index contributed by atoms with van der Waals surface area (Å²) in [4.78, 5) is 8.11. The molecule has 1 aromatic heterocycles. The van der Waals surface area contributed by atoms with Crippen LogP contribution in [0.1, 0.15) is 26.3 Å². The van der Waals surface area contributed by atoms with Gasteiger partial charge in [0.1, 0.15) is 0 Å². The maximum absolute atomic E-state index is 4.90. The molecule has 0 amide bonds. The maximum Gasteiger partial charge on any atom is 0.316 e. The van der Waals surface area contributed by atoms with Crippen LogP contribution in [-0.4, -0.2) is 23.6 Å². The van der Waals surface area contributed by atoms with E-state index < -0.39 is 0 Å². The topological polar surface area (TPSA) is 47.0 Å². The van der Waals surface area contributed by atoms with Gasteiger partial charge in [0.15, 0.2) is 0 Å². The minimum absolute atomic E-state index is 0.416. The SMILES string of the molecule is COc1ncc(CNCC(C)C(C)C)cn1. The van der Waals surface area contributed by atoms with E-state index in [1.807, 2.05) is 0 Å². The van der Waals surface area contributed by atoms with Crippen molar-refractivity contribution in [3.63, 3.8) is 0 Å². The van der Waals surface area contributed by atoms with E-state index in [0.29, 0.717) is 17.8 Å². The summed E-state index contributed by atoms with van der Waals surface area (Å²) in [5.41, 5.74) is 1.08. The van der Waals surface area contributed by atoms with Crippen LogP contribution < -0.4 is 10.1 Å². The molecule has 0 aromatic carbocycles. The molecule has 0 saturated heterocycles. The molecule has 0 aliphatic carbocycles. The summed E-state index contributed by atoms with van der Waals surface area (Å²) in [6.07, 6.45) is 3.58. The van der Waals surface area contributed by atoms with Crippen LogP contribution in [0, 0.1) is 11.8 Å². The highest BCUT2D eigenvalue weighted by Crippen LogP contribution is 2.08. The fraction of sp³-hybridized carbons (Fsp3) is 0.667. The lowest BCUT2D eigenvalue weighted by atomic mass is 9.98. The predicted molar refractivity (Wildman–Crippen MR) is 64.3 cm³/mol. The van der Waals surface area contributed by atoms with Crippen molar-refractivity contribution in [1.82, 2.24) is 15.3 Å². The molecule has 0 aliphatic rings. The number of rotatable bonds is 6. The molecular weight excluding hydrogens is 202 g/mol. The standard InChI is InChI=1S/C12H21N3O/c1-9(2)10(3)5-13-6-11-7-14-12(16-4)15-8-11/h7-10,13H,5-6H2,1-4H3. The molecule has 16 heavy (non-hydrogen) atoms. The molecule has 90 valence electrons. The highest BCUT2D eigenvalue weighted by molar-refractivity contribution is 5.06. The normalized spacial score (nSPS) is 12.8. The minimum Gasteiger partial charge on any atom is -0.467 e. The highest BCUT2D eigenvalue weighted by Gasteiger charge is 2.06. The summed E-state index contributed by atoms with van der Waals surface area (Å²) in [6.45, 7) is 8.55. The molecule has 0 spiro atoms. The second kappa shape index (κ2) is 6.43. The molecule has 1 heterocycles. The van der Waals surface area contributed by atoms with Crippen LogP contribution in [0.2, 0.25) is 0 Å². The van der Waals surface area contributed by atoms with Crippen molar-refractivity contribution in [3.05, 3.63) is 18.0 Å². The largest absolute Gasteiger partial charge is 0.467 e. The zero-order chi connectivity index (χ0) is 12.0. The Hall–Kier alpha value is -1.16. The molecule has 0 saturated carbocycles. The maximum atomic E-state index is 4.90. The van der Waals surface area contributed by atoms with Crippen molar-refractivity contribution in [3.8, 4) is 6.01 Å². The van der Waals surface area contributed by atoms with Gasteiger partial charge in [0.05, 0.1) is 7.11 Å². The first-order valence-corrected chi connectivity index (χ1v) is 5.69. The monoisotopic (exact) mass is 223 g/mol. The lowest BCUT2D eigenvalue weighted by molar-refractivity contribution is 0.377. The van der Waals surface area contributed by atoms with Gasteiger partial charge < -0.3 is 10.1 Å². The third-order valence-corrected chi connectivity index (χ3v) is 2.80. The minimum atomic E-state index is 0.416. The van der Waals surface area contributed by atoms with Gasteiger partial charge in [-0.15, -0.1) is 0 Å². The van der Waals surface area contributed by atoms with Gasteiger partial charge in [-0.3, -0.25) is 0 Å². The fourth-order valence-electron chi connectivity index (χ4n) is 1.22. The van der Waals surface area contributed by atoms with Crippen molar-refractivity contribution < 1.29 is 4.74 Å². The molecule has 1 N–H and O–H groups in total. The van der Waals surface area contributed by atoms with Crippen LogP contribution >= 0.6 is 0 Å². The fourth-order valence-corrected chi connectivity index (χ4v) is 1.22. The number of methoxy groups -OCH3 is 1. The number of ether oxygens (including phenoxy) is 1. The number of nitrogens with one attached hydrogen (secondary N) is 1. The lowest BCUT2D eigenvalue weighted by Crippen LogP contribution is -2.23. The van der Waals surface area contributed by atoms with Crippen molar-refractivity contribution in [2.24, 2.45) is 11.8 Å². The Kier molecular flexibility index (Phi) is 5.19. The second-order valence-corrected chi connectivity index (χ2v) is 4.43. The Bertz CT molecular complexity index is 298. The zero-order valence-corrected chi connectivity index (χ0v) is 10.5. The van der Waals surface area contributed by atoms with Crippen LogP contribution in [0.4, 0.5) is 0 Å². The molecule has 0 radical (unpaired) electrons. The van der Waals surface area contributed by atoms with E-state index in [2.05, 4.69) is 36.1 Å². The predicted octanol–water partition coefficient (Wildman–Crippen LogP) is 1.87. The number of aromatic nitrogens is 2. The van der Waals surface area contributed by atoms with Crippen molar-refractivity contribution in [2.75, 3.05) is 13.7 Å². The number of hydrogen-bond donors (Lipinski definition) is 1. The summed E-state index contributed by atoms with van der Waals surface area (Å²) in [7, 11) is 1.57. The Morgan fingerprint density at radius 1 is 1.25 bits per heavy atom. The Labute approximate surface area is 97.5 Å². The summed E-state index contributed by atoms with van der Waals surface area (Å²) in [5.74, 6) is 1.39. The van der Waals surface area contributed by atoms with Crippen molar-refractivity contribution in [1.29, 1.82) is 0 Å². The van der Waals surface area contributed by atoms with Crippen LogP contribution in [0.15, 0.2) is 12.4 Å². The van der Waals surface area contributed by atoms with Crippen LogP contribution in [0.25, 0.3) is 0 Å². The summed E-state index contributed by atoms with van der Waals surface area (Å²) in [5, 5.41) is 3.40. The molecule has 0 fully saturated rings. The van der Waals surface area contributed by atoms with Gasteiger partial charge in [-0.1, -0.05) is 20.8 Å². The lowest BCUT2D eigenvalue weighted by Gasteiger charge is -2.15. The number of hydrogen-bond acceptors (Lipinski definition) is 4. The van der Waals surface area contributed by atoms with Crippen LogP contribution in [0.3, 0.4) is 0 Å². The van der Waals surface area contributed by atoms with Gasteiger partial charge >= 0.3 is 6.01 Å². The molecule has 1 rings (SSSR count). The van der Waals surface area contributed by atoms with Gasteiger partial charge in [-0.25, -0.2) is 9.97 Å². The second-order valence-electron chi connectivity index (χ2n) is 4.43. The Morgan fingerprint density at radius 3 is 2.38 bits per heavy atom.